The number of hydrogen-bond acceptors (Lipinski definition) is 11. The van der Waals surface area contributed by atoms with E-state index in [1.54, 1.807) is 14.2 Å². The van der Waals surface area contributed by atoms with Crippen LogP contribution in [0.4, 0.5) is 0 Å². The molecule has 0 bridgehead atoms. The van der Waals surface area contributed by atoms with Gasteiger partial charge in [-0.1, -0.05) is 91.0 Å². The van der Waals surface area contributed by atoms with E-state index in [1.165, 1.54) is 16.8 Å². The Morgan fingerprint density at radius 1 is 0.778 bits per heavy atom. The predicted molar refractivity (Wildman–Crippen MR) is 242 cm³/mol. The van der Waals surface area contributed by atoms with Crippen molar-refractivity contribution in [1.29, 1.82) is 5.26 Å². The normalized spacial score (nSPS) is 18.2. The fraction of sp³-hybridized carbons (Fsp3) is 0.327. The number of benzene rings is 5. The molecule has 7 rings (SSSR count). The highest BCUT2D eigenvalue weighted by atomic mass is 31.2. The van der Waals surface area contributed by atoms with Crippen molar-refractivity contribution < 1.29 is 32.7 Å². The lowest BCUT2D eigenvalue weighted by Gasteiger charge is -2.39. The smallest absolute Gasteiger partial charge is 0.330 e. The Labute approximate surface area is 368 Å². The number of nitrogens with one attached hydrogen (secondary N) is 1. The van der Waals surface area contributed by atoms with E-state index >= 15 is 0 Å². The molecule has 63 heavy (non-hydrogen) atoms. The van der Waals surface area contributed by atoms with Crippen LogP contribution in [-0.4, -0.2) is 72.1 Å². The van der Waals surface area contributed by atoms with Crippen LogP contribution in [0.3, 0.4) is 0 Å². The highest BCUT2D eigenvalue weighted by Crippen LogP contribution is 2.51. The van der Waals surface area contributed by atoms with Gasteiger partial charge in [0.05, 0.1) is 39.9 Å². The second-order valence-electron chi connectivity index (χ2n) is 15.6. The Bertz CT molecular complexity index is 2520. The summed E-state index contributed by atoms with van der Waals surface area (Å²) in [5, 5.41) is 11.3. The van der Waals surface area contributed by atoms with E-state index in [9.17, 15) is 14.9 Å². The summed E-state index contributed by atoms with van der Waals surface area (Å²) >= 11 is 0. The van der Waals surface area contributed by atoms with Gasteiger partial charge < -0.3 is 32.7 Å². The Morgan fingerprint density at radius 3 is 1.98 bits per heavy atom. The molecule has 13 nitrogen and oxygen atoms in total. The third kappa shape index (κ3) is 9.87. The minimum absolute atomic E-state index is 0.0267. The van der Waals surface area contributed by atoms with E-state index in [0.717, 1.165) is 27.5 Å². The van der Waals surface area contributed by atoms with Crippen LogP contribution in [-0.2, 0) is 24.1 Å². The van der Waals surface area contributed by atoms with Gasteiger partial charge in [0.1, 0.15) is 35.1 Å². The van der Waals surface area contributed by atoms with Crippen LogP contribution in [0.15, 0.2) is 143 Å². The number of rotatable bonds is 19. The van der Waals surface area contributed by atoms with Gasteiger partial charge in [-0.05, 0) is 80.1 Å². The van der Waals surface area contributed by atoms with Gasteiger partial charge in [0.25, 0.3) is 14.1 Å². The third-order valence-corrected chi connectivity index (χ3v) is 13.1. The SMILES string of the molecule is COc1ccc(C(OC[C@H]2O[C@@H](n3ccc(=O)[nH]c3=O)[C@H](Oc3cccc4ccccc34)[C@@H]2OP(OCCC#N)N(C(C)C)C(C)C)(c2ccccc2)c2ccc(OC)cc2)cc1. The van der Waals surface area contributed by atoms with Crippen molar-refractivity contribution in [3.63, 3.8) is 0 Å². The molecular weight excluding hydrogens is 820 g/mol. The highest BCUT2D eigenvalue weighted by molar-refractivity contribution is 7.44. The summed E-state index contributed by atoms with van der Waals surface area (Å²) in [5.41, 5.74) is -0.0322. The number of nitrogens with zero attached hydrogens (tertiary/aromatic N) is 3. The number of fused-ring (bicyclic) bond motifs is 1. The number of ether oxygens (including phenoxy) is 5. The summed E-state index contributed by atoms with van der Waals surface area (Å²) in [6.07, 6.45) is -2.46. The van der Waals surface area contributed by atoms with Crippen LogP contribution < -0.4 is 25.5 Å². The zero-order valence-corrected chi connectivity index (χ0v) is 37.1. The third-order valence-electron chi connectivity index (χ3n) is 10.9. The minimum Gasteiger partial charge on any atom is -0.497 e. The van der Waals surface area contributed by atoms with E-state index in [0.29, 0.717) is 17.2 Å². The van der Waals surface area contributed by atoms with Crippen LogP contribution in [0.5, 0.6) is 17.2 Å². The first-order chi connectivity index (χ1) is 30.6. The Kier molecular flexibility index (Phi) is 14.7. The molecule has 328 valence electrons. The van der Waals surface area contributed by atoms with Crippen molar-refractivity contribution in [2.45, 2.75) is 76.3 Å². The molecule has 0 saturated carbocycles. The fourth-order valence-corrected chi connectivity index (χ4v) is 9.84. The van der Waals surface area contributed by atoms with Gasteiger partial charge in [0.15, 0.2) is 12.3 Å². The molecule has 0 aliphatic carbocycles. The topological polar surface area (TPSA) is 147 Å². The van der Waals surface area contributed by atoms with Crippen molar-refractivity contribution in [2.75, 3.05) is 27.4 Å². The molecule has 1 aromatic heterocycles. The first kappa shape index (κ1) is 45.2. The number of aromatic amines is 1. The number of hydrogen-bond donors (Lipinski definition) is 1. The molecule has 1 aliphatic heterocycles. The standard InChI is InChI=1S/C49H53N4O9P/c1-33(2)53(34(3)4)63(59-31-13-29-50)62-45-43(61-47(52-30-28-44(54)51-48(52)55)46(45)60-42-19-12-15-35-14-10-11-18-41(35)42)32-58-49(36-16-8-7-9-17-36,37-20-24-39(56-5)25-21-37)38-22-26-40(57-6)27-23-38/h7-12,14-28,30,33-34,43,45-47H,13,31-32H2,1-6H3,(H,51,54,55)/t43-,45-,46-,47-,63?/m1/s1. The molecule has 1 fully saturated rings. The maximum absolute atomic E-state index is 13.7. The molecule has 1 unspecified atom stereocenters. The van der Waals surface area contributed by atoms with E-state index in [4.69, 9.17) is 32.7 Å². The van der Waals surface area contributed by atoms with Crippen molar-refractivity contribution in [3.8, 4) is 23.3 Å². The van der Waals surface area contributed by atoms with E-state index in [1.807, 2.05) is 121 Å². The predicted octanol–water partition coefficient (Wildman–Crippen LogP) is 8.72. The van der Waals surface area contributed by atoms with Gasteiger partial charge in [0, 0.05) is 29.7 Å². The maximum Gasteiger partial charge on any atom is 0.330 e. The first-order valence-electron chi connectivity index (χ1n) is 20.9. The number of methoxy groups -OCH3 is 2. The summed E-state index contributed by atoms with van der Waals surface area (Å²) in [4.78, 5) is 28.5. The largest absolute Gasteiger partial charge is 0.497 e. The molecule has 1 aliphatic rings. The molecule has 14 heteroatoms. The number of nitriles is 1. The highest BCUT2D eigenvalue weighted by Gasteiger charge is 2.52. The van der Waals surface area contributed by atoms with Gasteiger partial charge in [-0.15, -0.1) is 0 Å². The average Bonchev–Trinajstić information content (AvgIpc) is 3.62. The summed E-state index contributed by atoms with van der Waals surface area (Å²) in [7, 11) is 1.37. The van der Waals surface area contributed by atoms with Crippen molar-refractivity contribution >= 4 is 19.3 Å². The molecule has 5 atom stereocenters. The van der Waals surface area contributed by atoms with Crippen LogP contribution >= 0.6 is 8.53 Å². The average molecular weight is 873 g/mol. The number of H-pyrrole nitrogens is 1. The summed E-state index contributed by atoms with van der Waals surface area (Å²) in [6.45, 7) is 8.26. The molecule has 0 amide bonds. The lowest BCUT2D eigenvalue weighted by Crippen LogP contribution is -2.44. The summed E-state index contributed by atoms with van der Waals surface area (Å²) < 4.78 is 49.7. The van der Waals surface area contributed by atoms with Crippen molar-refractivity contribution in [1.82, 2.24) is 14.2 Å². The lowest BCUT2D eigenvalue weighted by atomic mass is 9.80. The molecule has 0 spiro atoms. The summed E-state index contributed by atoms with van der Waals surface area (Å²) in [6, 6.07) is 42.4. The van der Waals surface area contributed by atoms with Gasteiger partial charge in [-0.3, -0.25) is 14.3 Å². The Hall–Kier alpha value is -5.84. The maximum atomic E-state index is 13.7. The second-order valence-corrected chi connectivity index (χ2v) is 17.0. The van der Waals surface area contributed by atoms with E-state index in [2.05, 4.69) is 43.4 Å². The van der Waals surface area contributed by atoms with Crippen molar-refractivity contribution in [2.24, 2.45) is 0 Å². The van der Waals surface area contributed by atoms with Crippen LogP contribution in [0, 0.1) is 11.3 Å². The molecule has 6 aromatic rings. The minimum atomic E-state index is -1.88. The lowest BCUT2D eigenvalue weighted by molar-refractivity contribution is -0.0941. The Balaban J connectivity index is 1.41. The van der Waals surface area contributed by atoms with Crippen LogP contribution in [0.2, 0.25) is 0 Å². The molecule has 1 N–H and O–H groups in total. The zero-order valence-electron chi connectivity index (χ0n) is 36.3. The van der Waals surface area contributed by atoms with E-state index in [-0.39, 0.29) is 31.7 Å². The quantitative estimate of drug-likeness (QED) is 0.0474. The molecule has 2 heterocycles. The van der Waals surface area contributed by atoms with Gasteiger partial charge in [0.2, 0.25) is 0 Å². The molecular formula is C49H53N4O9P. The molecule has 0 radical (unpaired) electrons. The first-order valence-corrected chi connectivity index (χ1v) is 22.1. The van der Waals surface area contributed by atoms with Gasteiger partial charge >= 0.3 is 5.69 Å². The van der Waals surface area contributed by atoms with Crippen LogP contribution in [0.25, 0.3) is 10.8 Å². The molecule has 5 aromatic carbocycles. The molecule has 1 saturated heterocycles. The fourth-order valence-electron chi connectivity index (χ4n) is 8.07. The van der Waals surface area contributed by atoms with Crippen molar-refractivity contribution in [3.05, 3.63) is 171 Å². The van der Waals surface area contributed by atoms with Gasteiger partial charge in [-0.25, -0.2) is 9.46 Å². The number of aromatic nitrogens is 2. The van der Waals surface area contributed by atoms with E-state index < -0.39 is 49.9 Å². The monoisotopic (exact) mass is 872 g/mol. The second kappa shape index (κ2) is 20.6. The van der Waals surface area contributed by atoms with Crippen LogP contribution in [0.1, 0.15) is 57.0 Å². The Morgan fingerprint density at radius 2 is 1.38 bits per heavy atom. The summed E-state index contributed by atoms with van der Waals surface area (Å²) in [5.74, 6) is 1.89. The van der Waals surface area contributed by atoms with Gasteiger partial charge in [-0.2, -0.15) is 5.26 Å². The zero-order chi connectivity index (χ0) is 44.5.